The highest BCUT2D eigenvalue weighted by Crippen LogP contribution is 2.29. The number of carboxylic acids is 1. The fourth-order valence-corrected chi connectivity index (χ4v) is 5.04. The zero-order valence-corrected chi connectivity index (χ0v) is 12.4. The second kappa shape index (κ2) is 5.78. The predicted molar refractivity (Wildman–Crippen MR) is 71.6 cm³/mol. The summed E-state index contributed by atoms with van der Waals surface area (Å²) < 4.78 is 31.5. The van der Waals surface area contributed by atoms with Crippen molar-refractivity contribution >= 4 is 27.3 Å². The number of ether oxygens (including phenoxy) is 1. The molecular weight excluding hydrogens is 306 g/mol. The standard InChI is InChI=1S/C11H15NO6S2/c1-7-10(4-9(19-7)11(14)15)20(16,17)12-2-3-18-6-8(12)5-13/h4,8,13H,2-3,5-6H2,1H3,(H,14,15). The molecule has 1 saturated heterocycles. The van der Waals surface area contributed by atoms with E-state index in [1.807, 2.05) is 0 Å². The minimum absolute atomic E-state index is 0.0137. The van der Waals surface area contributed by atoms with Gasteiger partial charge in [0.25, 0.3) is 0 Å². The maximum atomic E-state index is 12.6. The number of thiophene rings is 1. The van der Waals surface area contributed by atoms with Crippen LogP contribution >= 0.6 is 11.3 Å². The van der Waals surface area contributed by atoms with Crippen LogP contribution in [0.2, 0.25) is 0 Å². The van der Waals surface area contributed by atoms with Crippen LogP contribution in [-0.4, -0.2) is 61.3 Å². The number of carbonyl (C=O) groups is 1. The Balaban J connectivity index is 2.41. The van der Waals surface area contributed by atoms with Crippen LogP contribution in [0.4, 0.5) is 0 Å². The minimum atomic E-state index is -3.83. The molecular formula is C11H15NO6S2. The van der Waals surface area contributed by atoms with Crippen molar-refractivity contribution in [1.29, 1.82) is 0 Å². The number of aromatic carboxylic acids is 1. The zero-order chi connectivity index (χ0) is 14.9. The SMILES string of the molecule is Cc1sc(C(=O)O)cc1S(=O)(=O)N1CCOCC1CO. The van der Waals surface area contributed by atoms with Gasteiger partial charge in [0, 0.05) is 11.4 Å². The monoisotopic (exact) mass is 321 g/mol. The number of carboxylic acid groups (broad SMARTS) is 1. The first-order valence-corrected chi connectivity index (χ1v) is 8.17. The fourth-order valence-electron chi connectivity index (χ4n) is 2.05. The van der Waals surface area contributed by atoms with Crippen LogP contribution in [0.25, 0.3) is 0 Å². The lowest BCUT2D eigenvalue weighted by Gasteiger charge is -2.33. The largest absolute Gasteiger partial charge is 0.477 e. The summed E-state index contributed by atoms with van der Waals surface area (Å²) in [5.74, 6) is -1.15. The second-order valence-electron chi connectivity index (χ2n) is 4.36. The van der Waals surface area contributed by atoms with Crippen LogP contribution in [0, 0.1) is 6.92 Å². The van der Waals surface area contributed by atoms with E-state index in [2.05, 4.69) is 0 Å². The van der Waals surface area contributed by atoms with Crippen molar-refractivity contribution in [2.45, 2.75) is 17.9 Å². The second-order valence-corrected chi connectivity index (χ2v) is 7.48. The van der Waals surface area contributed by atoms with Crippen molar-refractivity contribution < 1.29 is 28.2 Å². The average Bonchev–Trinajstić information content (AvgIpc) is 2.81. The summed E-state index contributed by atoms with van der Waals surface area (Å²) in [6, 6.07) is 0.531. The first-order chi connectivity index (χ1) is 9.37. The molecule has 0 radical (unpaired) electrons. The molecule has 20 heavy (non-hydrogen) atoms. The molecule has 0 bridgehead atoms. The maximum Gasteiger partial charge on any atom is 0.345 e. The summed E-state index contributed by atoms with van der Waals surface area (Å²) in [4.78, 5) is 11.3. The van der Waals surface area contributed by atoms with Gasteiger partial charge in [-0.15, -0.1) is 11.3 Å². The Hall–Kier alpha value is -1.00. The summed E-state index contributed by atoms with van der Waals surface area (Å²) in [5.41, 5.74) is 0. The number of hydrogen-bond donors (Lipinski definition) is 2. The molecule has 0 spiro atoms. The average molecular weight is 321 g/mol. The van der Waals surface area contributed by atoms with Crippen molar-refractivity contribution in [1.82, 2.24) is 4.31 Å². The van der Waals surface area contributed by atoms with Gasteiger partial charge in [-0.05, 0) is 13.0 Å². The molecule has 1 aromatic rings. The molecule has 1 atom stereocenters. The number of aliphatic hydroxyl groups excluding tert-OH is 1. The van der Waals surface area contributed by atoms with Gasteiger partial charge in [0.05, 0.1) is 30.8 Å². The van der Waals surface area contributed by atoms with Gasteiger partial charge < -0.3 is 14.9 Å². The molecule has 0 amide bonds. The molecule has 0 saturated carbocycles. The van der Waals surface area contributed by atoms with Gasteiger partial charge in [-0.25, -0.2) is 13.2 Å². The van der Waals surface area contributed by atoms with E-state index in [-0.39, 0.29) is 36.1 Å². The van der Waals surface area contributed by atoms with Gasteiger partial charge >= 0.3 is 5.97 Å². The van der Waals surface area contributed by atoms with Crippen molar-refractivity contribution in [2.75, 3.05) is 26.4 Å². The Morgan fingerprint density at radius 3 is 2.85 bits per heavy atom. The molecule has 112 valence electrons. The summed E-state index contributed by atoms with van der Waals surface area (Å²) in [7, 11) is -3.83. The molecule has 0 aliphatic carbocycles. The van der Waals surface area contributed by atoms with E-state index in [4.69, 9.17) is 9.84 Å². The highest BCUT2D eigenvalue weighted by atomic mass is 32.2. The highest BCUT2D eigenvalue weighted by Gasteiger charge is 2.35. The fraction of sp³-hybridized carbons (Fsp3) is 0.545. The molecule has 2 N–H and O–H groups in total. The molecule has 1 aliphatic rings. The summed E-state index contributed by atoms with van der Waals surface area (Å²) >= 11 is 0.923. The molecule has 2 rings (SSSR count). The topological polar surface area (TPSA) is 104 Å². The van der Waals surface area contributed by atoms with Crippen molar-refractivity contribution in [3.05, 3.63) is 15.8 Å². The number of aryl methyl sites for hydroxylation is 1. The van der Waals surface area contributed by atoms with E-state index < -0.39 is 22.0 Å². The van der Waals surface area contributed by atoms with E-state index >= 15 is 0 Å². The third kappa shape index (κ3) is 2.72. The molecule has 1 aliphatic heterocycles. The molecule has 2 heterocycles. The van der Waals surface area contributed by atoms with Crippen molar-refractivity contribution in [2.24, 2.45) is 0 Å². The minimum Gasteiger partial charge on any atom is -0.477 e. The lowest BCUT2D eigenvalue weighted by molar-refractivity contribution is 0.0109. The number of morpholine rings is 1. The van der Waals surface area contributed by atoms with Crippen LogP contribution in [0.15, 0.2) is 11.0 Å². The van der Waals surface area contributed by atoms with Gasteiger partial charge in [0.15, 0.2) is 0 Å². The number of rotatable bonds is 4. The normalized spacial score (nSPS) is 21.0. The van der Waals surface area contributed by atoms with E-state index in [1.54, 1.807) is 6.92 Å². The van der Waals surface area contributed by atoms with E-state index in [1.165, 1.54) is 10.4 Å². The van der Waals surface area contributed by atoms with E-state index in [0.717, 1.165) is 11.3 Å². The lowest BCUT2D eigenvalue weighted by atomic mass is 10.3. The van der Waals surface area contributed by atoms with Gasteiger partial charge in [-0.1, -0.05) is 0 Å². The van der Waals surface area contributed by atoms with Gasteiger partial charge in [0.2, 0.25) is 10.0 Å². The molecule has 0 aromatic carbocycles. The first-order valence-electron chi connectivity index (χ1n) is 5.92. The third-order valence-electron chi connectivity index (χ3n) is 3.05. The number of aliphatic hydroxyl groups is 1. The van der Waals surface area contributed by atoms with E-state index in [9.17, 15) is 18.3 Å². The Kier molecular flexibility index (Phi) is 4.45. The van der Waals surface area contributed by atoms with Crippen LogP contribution in [0.1, 0.15) is 14.5 Å². The molecule has 7 nitrogen and oxygen atoms in total. The van der Waals surface area contributed by atoms with Gasteiger partial charge in [-0.3, -0.25) is 0 Å². The third-order valence-corrected chi connectivity index (χ3v) is 6.30. The van der Waals surface area contributed by atoms with E-state index in [0.29, 0.717) is 4.88 Å². The van der Waals surface area contributed by atoms with Crippen molar-refractivity contribution in [3.63, 3.8) is 0 Å². The quantitative estimate of drug-likeness (QED) is 0.817. The number of sulfonamides is 1. The smallest absolute Gasteiger partial charge is 0.345 e. The van der Waals surface area contributed by atoms with Crippen molar-refractivity contribution in [3.8, 4) is 0 Å². The van der Waals surface area contributed by atoms with Crippen LogP contribution in [0.5, 0.6) is 0 Å². The predicted octanol–water partition coefficient (Wildman–Crippen LogP) is 0.137. The maximum absolute atomic E-state index is 12.6. The lowest BCUT2D eigenvalue weighted by Crippen LogP contribution is -2.50. The summed E-state index contributed by atoms with van der Waals surface area (Å²) in [6.07, 6.45) is 0. The number of hydrogen-bond acceptors (Lipinski definition) is 6. The Bertz CT molecular complexity index is 608. The Morgan fingerprint density at radius 1 is 1.60 bits per heavy atom. The zero-order valence-electron chi connectivity index (χ0n) is 10.8. The molecule has 1 unspecified atom stereocenters. The summed E-state index contributed by atoms with van der Waals surface area (Å²) in [5, 5.41) is 18.2. The highest BCUT2D eigenvalue weighted by molar-refractivity contribution is 7.89. The first kappa shape index (κ1) is 15.4. The Morgan fingerprint density at radius 2 is 2.30 bits per heavy atom. The summed E-state index contributed by atoms with van der Waals surface area (Å²) in [6.45, 7) is 1.76. The number of nitrogens with zero attached hydrogens (tertiary/aromatic N) is 1. The Labute approximate surface area is 120 Å². The van der Waals surface area contributed by atoms with Crippen LogP contribution in [-0.2, 0) is 14.8 Å². The molecule has 1 fully saturated rings. The molecule has 9 heteroatoms. The molecule has 1 aromatic heterocycles. The van der Waals surface area contributed by atoms with Crippen LogP contribution < -0.4 is 0 Å². The van der Waals surface area contributed by atoms with Gasteiger partial charge in [-0.2, -0.15) is 4.31 Å². The van der Waals surface area contributed by atoms with Crippen LogP contribution in [0.3, 0.4) is 0 Å². The van der Waals surface area contributed by atoms with Gasteiger partial charge in [0.1, 0.15) is 4.88 Å².